The van der Waals surface area contributed by atoms with E-state index in [9.17, 15) is 4.79 Å². The lowest BCUT2D eigenvalue weighted by atomic mass is 9.74. The molecule has 1 saturated heterocycles. The highest BCUT2D eigenvalue weighted by molar-refractivity contribution is 5.91. The number of carbonyl (C=O) groups is 1. The highest BCUT2D eigenvalue weighted by atomic mass is 16.5. The normalized spacial score (nSPS) is 15.8. The Hall–Kier alpha value is -2.79. The van der Waals surface area contributed by atoms with Crippen LogP contribution >= 0.6 is 0 Å². The molecule has 0 spiro atoms. The van der Waals surface area contributed by atoms with E-state index < -0.39 is 0 Å². The molecule has 1 fully saturated rings. The number of rotatable bonds is 8. The van der Waals surface area contributed by atoms with Crippen LogP contribution in [-0.4, -0.2) is 39.4 Å². The molecule has 2 aromatic rings. The standard InChI is InChI=1S/C24H29NO4/c1-3-29-21-11-9-19(17-22(21)27-2)10-12-23(26)25-18-24(13-15-28-16-14-24)20-7-5-4-6-8-20/h4-12,17H,3,13-16,18H2,1-2H3,(H,25,26)/b12-10+. The molecule has 0 aromatic heterocycles. The maximum absolute atomic E-state index is 12.5. The number of nitrogens with one attached hydrogen (secondary N) is 1. The van der Waals surface area contributed by atoms with Crippen molar-refractivity contribution < 1.29 is 19.0 Å². The van der Waals surface area contributed by atoms with Gasteiger partial charge < -0.3 is 19.5 Å². The van der Waals surface area contributed by atoms with Gasteiger partial charge in [-0.25, -0.2) is 0 Å². The zero-order chi connectivity index (χ0) is 20.5. The number of hydrogen-bond donors (Lipinski definition) is 1. The molecule has 1 aliphatic heterocycles. The summed E-state index contributed by atoms with van der Waals surface area (Å²) >= 11 is 0. The fourth-order valence-electron chi connectivity index (χ4n) is 3.67. The van der Waals surface area contributed by atoms with Crippen LogP contribution in [0.3, 0.4) is 0 Å². The number of methoxy groups -OCH3 is 1. The Bertz CT molecular complexity index is 826. The maximum atomic E-state index is 12.5. The third kappa shape index (κ3) is 5.39. The van der Waals surface area contributed by atoms with Gasteiger partial charge in [0.15, 0.2) is 11.5 Å². The Morgan fingerprint density at radius 2 is 1.90 bits per heavy atom. The number of carbonyl (C=O) groups excluding carboxylic acids is 1. The first-order valence-electron chi connectivity index (χ1n) is 10.1. The summed E-state index contributed by atoms with van der Waals surface area (Å²) in [5, 5.41) is 3.08. The van der Waals surface area contributed by atoms with Crippen LogP contribution in [0.2, 0.25) is 0 Å². The van der Waals surface area contributed by atoms with E-state index in [4.69, 9.17) is 14.2 Å². The smallest absolute Gasteiger partial charge is 0.244 e. The van der Waals surface area contributed by atoms with Gasteiger partial charge in [-0.05, 0) is 49.1 Å². The number of hydrogen-bond acceptors (Lipinski definition) is 4. The van der Waals surface area contributed by atoms with Gasteiger partial charge in [-0.15, -0.1) is 0 Å². The van der Waals surface area contributed by atoms with Crippen LogP contribution in [-0.2, 0) is 14.9 Å². The monoisotopic (exact) mass is 395 g/mol. The average molecular weight is 395 g/mol. The SMILES string of the molecule is CCOc1ccc(/C=C/C(=O)NCC2(c3ccccc3)CCOCC2)cc1OC. The molecule has 0 aliphatic carbocycles. The van der Waals surface area contributed by atoms with Gasteiger partial charge in [0.25, 0.3) is 0 Å². The van der Waals surface area contributed by atoms with Crippen molar-refractivity contribution in [3.8, 4) is 11.5 Å². The van der Waals surface area contributed by atoms with Gasteiger partial charge in [-0.3, -0.25) is 4.79 Å². The Morgan fingerprint density at radius 1 is 1.14 bits per heavy atom. The molecule has 3 rings (SSSR count). The van der Waals surface area contributed by atoms with Gasteiger partial charge in [0.2, 0.25) is 5.91 Å². The van der Waals surface area contributed by atoms with Crippen molar-refractivity contribution in [2.24, 2.45) is 0 Å². The minimum absolute atomic E-state index is 0.0780. The molecule has 1 N–H and O–H groups in total. The van der Waals surface area contributed by atoms with Crippen molar-refractivity contribution in [1.29, 1.82) is 0 Å². The van der Waals surface area contributed by atoms with Crippen molar-refractivity contribution in [2.45, 2.75) is 25.2 Å². The number of benzene rings is 2. The second-order valence-electron chi connectivity index (χ2n) is 7.15. The van der Waals surface area contributed by atoms with Gasteiger partial charge in [-0.2, -0.15) is 0 Å². The summed E-state index contributed by atoms with van der Waals surface area (Å²) < 4.78 is 16.5. The van der Waals surface area contributed by atoms with Crippen LogP contribution in [0.4, 0.5) is 0 Å². The van der Waals surface area contributed by atoms with Crippen molar-refractivity contribution >= 4 is 12.0 Å². The average Bonchev–Trinajstić information content (AvgIpc) is 2.78. The lowest BCUT2D eigenvalue weighted by Gasteiger charge is -2.37. The molecule has 5 nitrogen and oxygen atoms in total. The Labute approximate surface area is 172 Å². The minimum Gasteiger partial charge on any atom is -0.493 e. The van der Waals surface area contributed by atoms with Crippen LogP contribution in [0.5, 0.6) is 11.5 Å². The lowest BCUT2D eigenvalue weighted by Crippen LogP contribution is -2.44. The first-order chi connectivity index (χ1) is 14.2. The molecular weight excluding hydrogens is 366 g/mol. The van der Waals surface area contributed by atoms with Crippen LogP contribution in [0.25, 0.3) is 6.08 Å². The van der Waals surface area contributed by atoms with Crippen molar-refractivity contribution in [1.82, 2.24) is 5.32 Å². The lowest BCUT2D eigenvalue weighted by molar-refractivity contribution is -0.116. The highest BCUT2D eigenvalue weighted by Crippen LogP contribution is 2.34. The highest BCUT2D eigenvalue weighted by Gasteiger charge is 2.34. The van der Waals surface area contributed by atoms with Gasteiger partial charge >= 0.3 is 0 Å². The third-order valence-electron chi connectivity index (χ3n) is 5.35. The first kappa shape index (κ1) is 20.9. The fourth-order valence-corrected chi connectivity index (χ4v) is 3.67. The topological polar surface area (TPSA) is 56.8 Å². The molecule has 1 aliphatic rings. The fraction of sp³-hybridized carbons (Fsp3) is 0.375. The number of ether oxygens (including phenoxy) is 3. The van der Waals surface area contributed by atoms with E-state index in [0.717, 1.165) is 18.4 Å². The van der Waals surface area contributed by atoms with E-state index in [1.807, 2.05) is 43.3 Å². The molecule has 0 saturated carbocycles. The molecule has 2 aromatic carbocycles. The molecule has 0 radical (unpaired) electrons. The summed E-state index contributed by atoms with van der Waals surface area (Å²) in [6.45, 7) is 4.52. The zero-order valence-corrected chi connectivity index (χ0v) is 17.1. The number of amides is 1. The van der Waals surface area contributed by atoms with Crippen molar-refractivity contribution in [3.05, 3.63) is 65.7 Å². The quantitative estimate of drug-likeness (QED) is 0.687. The van der Waals surface area contributed by atoms with Crippen molar-refractivity contribution in [3.63, 3.8) is 0 Å². The molecule has 29 heavy (non-hydrogen) atoms. The summed E-state index contributed by atoms with van der Waals surface area (Å²) in [5.74, 6) is 1.24. The third-order valence-corrected chi connectivity index (χ3v) is 5.35. The Morgan fingerprint density at radius 3 is 2.59 bits per heavy atom. The summed E-state index contributed by atoms with van der Waals surface area (Å²) in [6.07, 6.45) is 5.15. The molecule has 1 heterocycles. The zero-order valence-electron chi connectivity index (χ0n) is 17.1. The van der Waals surface area contributed by atoms with E-state index in [-0.39, 0.29) is 11.3 Å². The van der Waals surface area contributed by atoms with Crippen LogP contribution in [0, 0.1) is 0 Å². The van der Waals surface area contributed by atoms with Crippen LogP contribution in [0.15, 0.2) is 54.6 Å². The van der Waals surface area contributed by atoms with E-state index in [1.165, 1.54) is 5.56 Å². The van der Waals surface area contributed by atoms with Crippen molar-refractivity contribution in [2.75, 3.05) is 33.5 Å². The minimum atomic E-state index is -0.111. The van der Waals surface area contributed by atoms with Gasteiger partial charge in [0.1, 0.15) is 0 Å². The Kier molecular flexibility index (Phi) is 7.30. The molecule has 154 valence electrons. The Balaban J connectivity index is 1.65. The largest absolute Gasteiger partial charge is 0.493 e. The predicted octanol–water partition coefficient (Wildman–Crippen LogP) is 3.97. The predicted molar refractivity (Wildman–Crippen MR) is 114 cm³/mol. The molecule has 1 amide bonds. The molecule has 0 bridgehead atoms. The van der Waals surface area contributed by atoms with E-state index in [0.29, 0.717) is 37.9 Å². The van der Waals surface area contributed by atoms with E-state index in [1.54, 1.807) is 19.3 Å². The molecule has 0 unspecified atom stereocenters. The summed E-state index contributed by atoms with van der Waals surface area (Å²) in [6, 6.07) is 16.0. The molecule has 0 atom stereocenters. The van der Waals surface area contributed by atoms with Gasteiger partial charge in [-0.1, -0.05) is 36.4 Å². The molecular formula is C24H29NO4. The summed E-state index contributed by atoms with van der Waals surface area (Å²) in [5.41, 5.74) is 2.05. The van der Waals surface area contributed by atoms with Gasteiger partial charge in [0.05, 0.1) is 13.7 Å². The van der Waals surface area contributed by atoms with Crippen LogP contribution in [0.1, 0.15) is 30.9 Å². The van der Waals surface area contributed by atoms with Gasteiger partial charge in [0, 0.05) is 31.2 Å². The second kappa shape index (κ2) is 10.1. The maximum Gasteiger partial charge on any atom is 0.244 e. The summed E-state index contributed by atoms with van der Waals surface area (Å²) in [4.78, 5) is 12.5. The summed E-state index contributed by atoms with van der Waals surface area (Å²) in [7, 11) is 1.61. The second-order valence-corrected chi connectivity index (χ2v) is 7.15. The molecule has 5 heteroatoms. The van der Waals surface area contributed by atoms with Crippen LogP contribution < -0.4 is 14.8 Å². The van der Waals surface area contributed by atoms with E-state index >= 15 is 0 Å². The van der Waals surface area contributed by atoms with E-state index in [2.05, 4.69) is 17.4 Å². The first-order valence-corrected chi connectivity index (χ1v) is 10.1.